The number of H-pyrrole nitrogens is 1. The number of rotatable bonds is 8. The largest absolute Gasteiger partial charge is 0.328 e. The van der Waals surface area contributed by atoms with Crippen LogP contribution in [0.5, 0.6) is 0 Å². The molecule has 5 rings (SSSR count). The average molecular weight is 446 g/mol. The highest BCUT2D eigenvalue weighted by atomic mass is 16.1. The topological polar surface area (TPSA) is 93.8 Å². The second-order valence-electron chi connectivity index (χ2n) is 9.45. The summed E-state index contributed by atoms with van der Waals surface area (Å²) in [6, 6.07) is 8.55. The molecule has 0 amide bonds. The predicted octanol–water partition coefficient (Wildman–Crippen LogP) is 4.07. The standard InChI is InChI=1S/C25H31N7O/c1-3-4-8-21-16-31(22-10-9-18(22)2)24(33)32(21)17-25(11-13-26-14-12-25)20-7-5-6-19(15-20)23-27-29-30-28-23/h5-7,11,13-16,18,22H,3-4,8-10,12,17H2,1-2H3,(H,27,28,29,30). The molecule has 1 aromatic carbocycles. The Kier molecular flexibility index (Phi) is 5.83. The fourth-order valence-electron chi connectivity index (χ4n) is 5.06. The van der Waals surface area contributed by atoms with Gasteiger partial charge in [-0.3, -0.25) is 14.1 Å². The van der Waals surface area contributed by atoms with Crippen molar-refractivity contribution in [2.24, 2.45) is 10.9 Å². The van der Waals surface area contributed by atoms with Gasteiger partial charge in [0.1, 0.15) is 0 Å². The number of aryl methyl sites for hydroxylation is 1. The van der Waals surface area contributed by atoms with E-state index in [1.807, 2.05) is 33.7 Å². The predicted molar refractivity (Wildman–Crippen MR) is 128 cm³/mol. The number of aromatic amines is 1. The van der Waals surface area contributed by atoms with Crippen molar-refractivity contribution in [3.63, 3.8) is 0 Å². The van der Waals surface area contributed by atoms with Crippen LogP contribution in [0.4, 0.5) is 0 Å². The van der Waals surface area contributed by atoms with Crippen LogP contribution in [0.2, 0.25) is 0 Å². The van der Waals surface area contributed by atoms with Gasteiger partial charge in [-0.25, -0.2) is 4.79 Å². The lowest BCUT2D eigenvalue weighted by atomic mass is 9.76. The maximum absolute atomic E-state index is 13.7. The molecule has 3 atom stereocenters. The van der Waals surface area contributed by atoms with Gasteiger partial charge in [-0.2, -0.15) is 5.21 Å². The SMILES string of the molecule is CCCCc1cn(C2CCC2C)c(=O)n1CC1(c2cccc(-c3nn[nH]n3)c2)C=CN=CC1. The Bertz CT molecular complexity index is 1220. The maximum Gasteiger partial charge on any atom is 0.328 e. The van der Waals surface area contributed by atoms with E-state index < -0.39 is 0 Å². The van der Waals surface area contributed by atoms with Crippen LogP contribution in [0.3, 0.4) is 0 Å². The van der Waals surface area contributed by atoms with Crippen LogP contribution in [-0.4, -0.2) is 36.0 Å². The molecule has 3 heterocycles. The first kappa shape index (κ1) is 21.6. The first-order chi connectivity index (χ1) is 16.1. The van der Waals surface area contributed by atoms with Crippen molar-refractivity contribution in [3.8, 4) is 11.4 Å². The van der Waals surface area contributed by atoms with Gasteiger partial charge >= 0.3 is 5.69 Å². The minimum absolute atomic E-state index is 0.113. The summed E-state index contributed by atoms with van der Waals surface area (Å²) in [6.45, 7) is 5.02. The second-order valence-corrected chi connectivity index (χ2v) is 9.45. The number of aromatic nitrogens is 6. The normalized spacial score (nSPS) is 24.2. The van der Waals surface area contributed by atoms with Gasteiger partial charge in [0, 0.05) is 47.9 Å². The summed E-state index contributed by atoms with van der Waals surface area (Å²) in [4.78, 5) is 18.0. The number of aliphatic imine (C=N–C) groups is 1. The minimum atomic E-state index is -0.371. The molecule has 8 nitrogen and oxygen atoms in total. The molecule has 0 radical (unpaired) electrons. The van der Waals surface area contributed by atoms with Crippen LogP contribution in [-0.2, 0) is 18.4 Å². The summed E-state index contributed by atoms with van der Waals surface area (Å²) in [6.07, 6.45) is 14.2. The molecule has 2 aromatic heterocycles. The number of tetrazole rings is 1. The van der Waals surface area contributed by atoms with E-state index in [1.54, 1.807) is 0 Å². The van der Waals surface area contributed by atoms with E-state index in [2.05, 4.69) is 63.9 Å². The van der Waals surface area contributed by atoms with Gasteiger partial charge in [0.15, 0.2) is 0 Å². The van der Waals surface area contributed by atoms with Crippen molar-refractivity contribution in [1.82, 2.24) is 29.8 Å². The molecule has 3 unspecified atom stereocenters. The van der Waals surface area contributed by atoms with Crippen molar-refractivity contribution in [1.29, 1.82) is 0 Å². The first-order valence-electron chi connectivity index (χ1n) is 12.0. The molecule has 0 spiro atoms. The molecule has 0 saturated heterocycles. The van der Waals surface area contributed by atoms with Crippen LogP contribution in [0, 0.1) is 5.92 Å². The third-order valence-corrected chi connectivity index (χ3v) is 7.33. The van der Waals surface area contributed by atoms with Crippen molar-refractivity contribution in [2.75, 3.05) is 0 Å². The van der Waals surface area contributed by atoms with E-state index in [-0.39, 0.29) is 11.1 Å². The number of allylic oxidation sites excluding steroid dienone is 1. The fourth-order valence-corrected chi connectivity index (χ4v) is 5.06. The monoisotopic (exact) mass is 445 g/mol. The summed E-state index contributed by atoms with van der Waals surface area (Å²) < 4.78 is 4.02. The van der Waals surface area contributed by atoms with Gasteiger partial charge in [-0.15, -0.1) is 10.2 Å². The summed E-state index contributed by atoms with van der Waals surface area (Å²) >= 11 is 0. The van der Waals surface area contributed by atoms with Crippen LogP contribution in [0.25, 0.3) is 11.4 Å². The highest BCUT2D eigenvalue weighted by Gasteiger charge is 2.35. The van der Waals surface area contributed by atoms with Crippen LogP contribution >= 0.6 is 0 Å². The Morgan fingerprint density at radius 1 is 1.27 bits per heavy atom. The molecule has 2 aliphatic rings. The fraction of sp³-hybridized carbons (Fsp3) is 0.480. The molecule has 3 aromatic rings. The summed E-state index contributed by atoms with van der Waals surface area (Å²) in [5.41, 5.74) is 2.89. The average Bonchev–Trinajstić information content (AvgIpc) is 3.48. The number of imidazole rings is 1. The molecular weight excluding hydrogens is 414 g/mol. The smallest absolute Gasteiger partial charge is 0.296 e. The van der Waals surface area contributed by atoms with Gasteiger partial charge in [0.2, 0.25) is 5.82 Å². The third-order valence-electron chi connectivity index (χ3n) is 7.33. The molecule has 8 heteroatoms. The number of benzene rings is 1. The van der Waals surface area contributed by atoms with Gasteiger partial charge in [0.25, 0.3) is 0 Å². The molecule has 1 aliphatic heterocycles. The van der Waals surface area contributed by atoms with Gasteiger partial charge < -0.3 is 0 Å². The number of hydrogen-bond donors (Lipinski definition) is 1. The molecule has 33 heavy (non-hydrogen) atoms. The molecule has 0 bridgehead atoms. The lowest BCUT2D eigenvalue weighted by Crippen LogP contribution is -2.39. The minimum Gasteiger partial charge on any atom is -0.296 e. The van der Waals surface area contributed by atoms with Crippen molar-refractivity contribution < 1.29 is 0 Å². The quantitative estimate of drug-likeness (QED) is 0.566. The molecule has 1 saturated carbocycles. The Hall–Kier alpha value is -3.29. The summed E-state index contributed by atoms with van der Waals surface area (Å²) in [5, 5.41) is 14.5. The zero-order chi connectivity index (χ0) is 22.8. The lowest BCUT2D eigenvalue weighted by Gasteiger charge is -2.34. The van der Waals surface area contributed by atoms with Crippen molar-refractivity contribution in [2.45, 2.75) is 70.4 Å². The molecular formula is C25H31N7O. The molecule has 1 N–H and O–H groups in total. The van der Waals surface area contributed by atoms with Crippen LogP contribution < -0.4 is 5.69 Å². The Balaban J connectivity index is 1.57. The van der Waals surface area contributed by atoms with E-state index in [0.717, 1.165) is 48.9 Å². The lowest BCUT2D eigenvalue weighted by molar-refractivity contribution is 0.195. The van der Waals surface area contributed by atoms with Crippen LogP contribution in [0.15, 0.2) is 52.5 Å². The Labute approximate surface area is 193 Å². The number of nitrogens with zero attached hydrogens (tertiary/aromatic N) is 6. The zero-order valence-electron chi connectivity index (χ0n) is 19.3. The Morgan fingerprint density at radius 2 is 2.18 bits per heavy atom. The molecule has 172 valence electrons. The number of hydrogen-bond acceptors (Lipinski definition) is 5. The zero-order valence-corrected chi connectivity index (χ0v) is 19.3. The second kappa shape index (κ2) is 8.92. The van der Waals surface area contributed by atoms with E-state index >= 15 is 0 Å². The Morgan fingerprint density at radius 3 is 2.85 bits per heavy atom. The maximum atomic E-state index is 13.7. The summed E-state index contributed by atoms with van der Waals surface area (Å²) in [7, 11) is 0. The van der Waals surface area contributed by atoms with E-state index in [4.69, 9.17) is 0 Å². The van der Waals surface area contributed by atoms with E-state index in [1.165, 1.54) is 6.42 Å². The molecule has 1 aliphatic carbocycles. The van der Waals surface area contributed by atoms with Crippen LogP contribution in [0.1, 0.15) is 63.3 Å². The van der Waals surface area contributed by atoms with E-state index in [0.29, 0.717) is 24.3 Å². The highest BCUT2D eigenvalue weighted by molar-refractivity contribution is 5.65. The van der Waals surface area contributed by atoms with E-state index in [9.17, 15) is 4.79 Å². The summed E-state index contributed by atoms with van der Waals surface area (Å²) in [5.74, 6) is 1.12. The van der Waals surface area contributed by atoms with Gasteiger partial charge in [0.05, 0.1) is 0 Å². The van der Waals surface area contributed by atoms with Crippen molar-refractivity contribution >= 4 is 6.21 Å². The third kappa shape index (κ3) is 3.98. The van der Waals surface area contributed by atoms with Gasteiger partial charge in [-0.05, 0) is 54.9 Å². The van der Waals surface area contributed by atoms with Crippen molar-refractivity contribution in [3.05, 3.63) is 64.5 Å². The number of nitrogens with one attached hydrogen (secondary N) is 1. The molecule has 1 fully saturated rings. The number of unbranched alkanes of at least 4 members (excludes halogenated alkanes) is 1. The van der Waals surface area contributed by atoms with Gasteiger partial charge in [-0.1, -0.05) is 44.5 Å². The first-order valence-corrected chi connectivity index (χ1v) is 12.0. The highest BCUT2D eigenvalue weighted by Crippen LogP contribution is 2.38.